The molecule has 0 saturated heterocycles. The Bertz CT molecular complexity index is 1610. The molecule has 0 radical (unpaired) electrons. The van der Waals surface area contributed by atoms with Crippen LogP contribution in [0.25, 0.3) is 10.2 Å². The van der Waals surface area contributed by atoms with E-state index in [9.17, 15) is 9.59 Å². The molecule has 7 nitrogen and oxygen atoms in total. The lowest BCUT2D eigenvalue weighted by Crippen LogP contribution is -2.28. The van der Waals surface area contributed by atoms with Crippen LogP contribution >= 0.6 is 34.5 Å². The van der Waals surface area contributed by atoms with E-state index < -0.39 is 0 Å². The van der Waals surface area contributed by atoms with Gasteiger partial charge in [0.15, 0.2) is 5.13 Å². The molecule has 2 N–H and O–H groups in total. The summed E-state index contributed by atoms with van der Waals surface area (Å²) in [5.41, 5.74) is 3.27. The predicted octanol–water partition coefficient (Wildman–Crippen LogP) is 6.38. The molecule has 0 atom stereocenters. The monoisotopic (exact) mass is 549 g/mol. The summed E-state index contributed by atoms with van der Waals surface area (Å²) in [7, 11) is 0. The molecular weight excluding hydrogens is 529 g/mol. The van der Waals surface area contributed by atoms with Gasteiger partial charge in [0, 0.05) is 23.3 Å². The van der Waals surface area contributed by atoms with Crippen molar-refractivity contribution in [3.63, 3.8) is 0 Å². The quantitative estimate of drug-likeness (QED) is 0.230. The Morgan fingerprint density at radius 1 is 1.00 bits per heavy atom. The summed E-state index contributed by atoms with van der Waals surface area (Å²) in [6.45, 7) is 2.27. The third-order valence-electron chi connectivity index (χ3n) is 5.77. The van der Waals surface area contributed by atoms with Crippen molar-refractivity contribution in [1.82, 2.24) is 14.5 Å². The second-order valence-corrected chi connectivity index (χ2v) is 10.2. The first-order valence-electron chi connectivity index (χ1n) is 11.4. The minimum Gasteiger partial charge on any atom is -0.380 e. The third kappa shape index (κ3) is 5.67. The number of carbonyl (C=O) groups excluding carboxylic acids is 1. The molecule has 0 unspecified atom stereocenters. The average molecular weight is 550 g/mol. The number of carbonyl (C=O) groups is 1. The van der Waals surface area contributed by atoms with Gasteiger partial charge in [-0.3, -0.25) is 14.9 Å². The molecule has 0 spiro atoms. The largest absolute Gasteiger partial charge is 0.380 e. The number of benzene rings is 2. The molecule has 10 heteroatoms. The normalized spacial score (nSPS) is 11.0. The second kappa shape index (κ2) is 10.7. The minimum absolute atomic E-state index is 0.103. The van der Waals surface area contributed by atoms with E-state index in [0.29, 0.717) is 39.3 Å². The van der Waals surface area contributed by atoms with Crippen LogP contribution in [0.3, 0.4) is 0 Å². The molecule has 186 valence electrons. The lowest BCUT2D eigenvalue weighted by atomic mass is 10.1. The van der Waals surface area contributed by atoms with Crippen LogP contribution in [0, 0.1) is 6.92 Å². The Balaban J connectivity index is 1.53. The van der Waals surface area contributed by atoms with E-state index in [-0.39, 0.29) is 23.2 Å². The molecule has 3 heterocycles. The van der Waals surface area contributed by atoms with Gasteiger partial charge in [0.25, 0.3) is 11.5 Å². The van der Waals surface area contributed by atoms with Gasteiger partial charge in [0.05, 0.1) is 33.7 Å². The highest BCUT2D eigenvalue weighted by atomic mass is 35.5. The number of fused-ring (bicyclic) bond motifs is 1. The Hall–Kier alpha value is -3.72. The first kappa shape index (κ1) is 25.0. The fraction of sp³-hybridized carbons (Fsp3) is 0.111. The van der Waals surface area contributed by atoms with Gasteiger partial charge in [-0.25, -0.2) is 9.97 Å². The van der Waals surface area contributed by atoms with E-state index in [1.54, 1.807) is 13.0 Å². The number of halogens is 2. The van der Waals surface area contributed by atoms with Crippen molar-refractivity contribution in [2.24, 2.45) is 0 Å². The van der Waals surface area contributed by atoms with Crippen molar-refractivity contribution in [2.75, 3.05) is 10.6 Å². The number of thiazole rings is 1. The zero-order chi connectivity index (χ0) is 25.9. The Morgan fingerprint density at radius 3 is 2.51 bits per heavy atom. The van der Waals surface area contributed by atoms with Gasteiger partial charge in [-0.2, -0.15) is 0 Å². The number of pyridine rings is 2. The number of aromatic nitrogens is 3. The van der Waals surface area contributed by atoms with Crippen molar-refractivity contribution >= 4 is 61.5 Å². The van der Waals surface area contributed by atoms with Gasteiger partial charge in [0.1, 0.15) is 5.15 Å². The van der Waals surface area contributed by atoms with Crippen molar-refractivity contribution in [2.45, 2.75) is 20.0 Å². The lowest BCUT2D eigenvalue weighted by Gasteiger charge is -2.18. The maximum Gasteiger partial charge on any atom is 0.261 e. The zero-order valence-electron chi connectivity index (χ0n) is 19.7. The zero-order valence-corrected chi connectivity index (χ0v) is 22.0. The van der Waals surface area contributed by atoms with Gasteiger partial charge in [0.2, 0.25) is 0 Å². The molecule has 1 amide bonds. The Morgan fingerprint density at radius 2 is 1.76 bits per heavy atom. The second-order valence-electron chi connectivity index (χ2n) is 8.32. The van der Waals surface area contributed by atoms with Gasteiger partial charge < -0.3 is 9.88 Å². The fourth-order valence-electron chi connectivity index (χ4n) is 4.03. The van der Waals surface area contributed by atoms with Gasteiger partial charge in [-0.1, -0.05) is 77.0 Å². The van der Waals surface area contributed by atoms with Crippen LogP contribution in [-0.4, -0.2) is 20.4 Å². The Labute approximate surface area is 226 Å². The van der Waals surface area contributed by atoms with Crippen LogP contribution in [-0.2, 0) is 13.1 Å². The maximum absolute atomic E-state index is 13.6. The number of nitrogens with one attached hydrogen (secondary N) is 2. The number of amides is 1. The van der Waals surface area contributed by atoms with Crippen LogP contribution in [0.15, 0.2) is 77.6 Å². The van der Waals surface area contributed by atoms with E-state index in [1.165, 1.54) is 28.0 Å². The lowest BCUT2D eigenvalue weighted by molar-refractivity contribution is 0.102. The first-order chi connectivity index (χ1) is 17.9. The summed E-state index contributed by atoms with van der Waals surface area (Å²) >= 11 is 13.6. The highest BCUT2D eigenvalue weighted by molar-refractivity contribution is 7.22. The summed E-state index contributed by atoms with van der Waals surface area (Å²) in [5, 5.41) is 7.29. The fourth-order valence-corrected chi connectivity index (χ4v) is 5.40. The van der Waals surface area contributed by atoms with Crippen LogP contribution < -0.4 is 16.2 Å². The Kier molecular flexibility index (Phi) is 7.23. The van der Waals surface area contributed by atoms with E-state index in [1.807, 2.05) is 54.6 Å². The minimum atomic E-state index is -0.377. The molecule has 0 fully saturated rings. The predicted molar refractivity (Wildman–Crippen MR) is 150 cm³/mol. The van der Waals surface area contributed by atoms with Gasteiger partial charge in [-0.15, -0.1) is 0 Å². The van der Waals surface area contributed by atoms with Crippen molar-refractivity contribution < 1.29 is 4.79 Å². The van der Waals surface area contributed by atoms with Gasteiger partial charge >= 0.3 is 0 Å². The first-order valence-corrected chi connectivity index (χ1v) is 13.0. The molecule has 5 rings (SSSR count). The summed E-state index contributed by atoms with van der Waals surface area (Å²) in [6.07, 6.45) is 0. The molecule has 5 aromatic rings. The van der Waals surface area contributed by atoms with Crippen molar-refractivity contribution in [3.05, 3.63) is 116 Å². The molecule has 37 heavy (non-hydrogen) atoms. The van der Waals surface area contributed by atoms with Crippen LogP contribution in [0.2, 0.25) is 10.2 Å². The van der Waals surface area contributed by atoms with E-state index in [0.717, 1.165) is 15.8 Å². The SMILES string of the molecule is Cc1c(C(=O)Nc2nc3ccccc3s2)c(NCc2ccccc2)cc(=O)n1Cc1cc(Cl)cc(Cl)n1. The third-order valence-corrected chi connectivity index (χ3v) is 7.13. The highest BCUT2D eigenvalue weighted by Crippen LogP contribution is 2.27. The molecule has 0 saturated carbocycles. The van der Waals surface area contributed by atoms with Crippen LogP contribution in [0.4, 0.5) is 10.8 Å². The number of hydrogen-bond donors (Lipinski definition) is 2. The standard InChI is InChI=1S/C27H21Cl2N5O2S/c1-16-25(26(36)33-27-32-20-9-5-6-10-22(20)37-27)21(30-14-17-7-3-2-4-8-17)13-24(35)34(16)15-19-11-18(28)12-23(29)31-19/h2-13,30H,14-15H2,1H3,(H,32,33,36). The molecule has 3 aromatic heterocycles. The average Bonchev–Trinajstić information content (AvgIpc) is 3.27. The van der Waals surface area contributed by atoms with Crippen LogP contribution in [0.5, 0.6) is 0 Å². The van der Waals surface area contributed by atoms with E-state index >= 15 is 0 Å². The number of rotatable bonds is 7. The number of hydrogen-bond acceptors (Lipinski definition) is 6. The number of para-hydroxylation sites is 1. The van der Waals surface area contributed by atoms with E-state index in [2.05, 4.69) is 20.6 Å². The van der Waals surface area contributed by atoms with Gasteiger partial charge in [-0.05, 0) is 36.8 Å². The number of anilines is 2. The summed E-state index contributed by atoms with van der Waals surface area (Å²) in [4.78, 5) is 35.6. The molecule has 0 aliphatic heterocycles. The smallest absolute Gasteiger partial charge is 0.261 e. The van der Waals surface area contributed by atoms with Crippen molar-refractivity contribution in [3.8, 4) is 0 Å². The molecular formula is C27H21Cl2N5O2S. The molecule has 0 bridgehead atoms. The molecule has 2 aromatic carbocycles. The highest BCUT2D eigenvalue weighted by Gasteiger charge is 2.21. The van der Waals surface area contributed by atoms with Crippen LogP contribution in [0.1, 0.15) is 27.3 Å². The summed E-state index contributed by atoms with van der Waals surface area (Å²) in [6, 6.07) is 22.0. The topological polar surface area (TPSA) is 88.9 Å². The van der Waals surface area contributed by atoms with E-state index in [4.69, 9.17) is 23.2 Å². The molecule has 0 aliphatic rings. The van der Waals surface area contributed by atoms with Crippen molar-refractivity contribution in [1.29, 1.82) is 0 Å². The maximum atomic E-state index is 13.6. The number of nitrogens with zero attached hydrogens (tertiary/aromatic N) is 3. The summed E-state index contributed by atoms with van der Waals surface area (Å²) in [5.74, 6) is -0.377. The summed E-state index contributed by atoms with van der Waals surface area (Å²) < 4.78 is 2.45. The molecule has 0 aliphatic carbocycles.